The highest BCUT2D eigenvalue weighted by atomic mass is 16.3. The van der Waals surface area contributed by atoms with Crippen molar-refractivity contribution in [1.82, 2.24) is 4.90 Å². The first-order valence-corrected chi connectivity index (χ1v) is 6.55. The van der Waals surface area contributed by atoms with Gasteiger partial charge in [-0.2, -0.15) is 0 Å². The highest BCUT2D eigenvalue weighted by Crippen LogP contribution is 2.01. The molecule has 0 bridgehead atoms. The van der Waals surface area contributed by atoms with E-state index in [0.717, 1.165) is 43.8 Å². The first-order valence-electron chi connectivity index (χ1n) is 6.55. The lowest BCUT2D eigenvalue weighted by Crippen LogP contribution is -2.30. The van der Waals surface area contributed by atoms with Gasteiger partial charge in [-0.15, -0.1) is 0 Å². The van der Waals surface area contributed by atoms with Crippen LogP contribution in [0.25, 0.3) is 0 Å². The van der Waals surface area contributed by atoms with E-state index in [1.165, 1.54) is 0 Å². The Balaban J connectivity index is 3.72. The Labute approximate surface area is 111 Å². The third-order valence-electron chi connectivity index (χ3n) is 2.74. The zero-order valence-corrected chi connectivity index (χ0v) is 12.2. The summed E-state index contributed by atoms with van der Waals surface area (Å²) in [5, 5.41) is 9.25. The number of hydrogen-bond acceptors (Lipinski definition) is 4. The average molecular weight is 253 g/mol. The van der Waals surface area contributed by atoms with Gasteiger partial charge in [0, 0.05) is 18.0 Å². The maximum absolute atomic E-state index is 9.25. The van der Waals surface area contributed by atoms with Crippen molar-refractivity contribution >= 4 is 11.9 Å². The SMILES string of the molecule is C=C(CC)/N=C(/C)CC/C=N\CCN(C)C(C)O. The summed E-state index contributed by atoms with van der Waals surface area (Å²) in [5.74, 6) is 0. The molecular weight excluding hydrogens is 226 g/mol. The van der Waals surface area contributed by atoms with Gasteiger partial charge in [0.2, 0.25) is 0 Å². The third-order valence-corrected chi connectivity index (χ3v) is 2.74. The molecule has 0 aliphatic carbocycles. The Morgan fingerprint density at radius 3 is 2.72 bits per heavy atom. The van der Waals surface area contributed by atoms with E-state index in [1.54, 1.807) is 6.92 Å². The molecular formula is C14H27N3O. The Morgan fingerprint density at radius 1 is 1.50 bits per heavy atom. The number of rotatable bonds is 9. The molecule has 0 rings (SSSR count). The lowest BCUT2D eigenvalue weighted by atomic mass is 10.2. The Kier molecular flexibility index (Phi) is 9.42. The topological polar surface area (TPSA) is 48.2 Å². The molecule has 0 aliphatic rings. The van der Waals surface area contributed by atoms with Gasteiger partial charge in [0.1, 0.15) is 6.23 Å². The van der Waals surface area contributed by atoms with Crippen LogP contribution in [0.5, 0.6) is 0 Å². The fourth-order valence-corrected chi connectivity index (χ4v) is 1.26. The minimum absolute atomic E-state index is 0.408. The quantitative estimate of drug-likeness (QED) is 0.507. The maximum Gasteiger partial charge on any atom is 0.104 e. The molecule has 0 aromatic carbocycles. The second-order valence-electron chi connectivity index (χ2n) is 4.51. The first kappa shape index (κ1) is 17.0. The van der Waals surface area contributed by atoms with Crippen molar-refractivity contribution in [3.05, 3.63) is 12.3 Å². The van der Waals surface area contributed by atoms with Gasteiger partial charge in [-0.25, -0.2) is 0 Å². The van der Waals surface area contributed by atoms with Crippen LogP contribution in [-0.2, 0) is 0 Å². The number of allylic oxidation sites excluding steroid dienone is 1. The number of aliphatic hydroxyl groups is 1. The predicted molar refractivity (Wildman–Crippen MR) is 79.4 cm³/mol. The zero-order chi connectivity index (χ0) is 14.0. The molecule has 0 radical (unpaired) electrons. The zero-order valence-electron chi connectivity index (χ0n) is 12.2. The van der Waals surface area contributed by atoms with Gasteiger partial charge in [0.15, 0.2) is 0 Å². The third kappa shape index (κ3) is 9.07. The number of nitrogens with zero attached hydrogens (tertiary/aromatic N) is 3. The summed E-state index contributed by atoms with van der Waals surface area (Å²) in [6.07, 6.45) is 4.26. The van der Waals surface area contributed by atoms with Crippen LogP contribution in [0.1, 0.15) is 40.0 Å². The summed E-state index contributed by atoms with van der Waals surface area (Å²) >= 11 is 0. The fourth-order valence-electron chi connectivity index (χ4n) is 1.26. The van der Waals surface area contributed by atoms with E-state index in [2.05, 4.69) is 23.5 Å². The monoisotopic (exact) mass is 253 g/mol. The van der Waals surface area contributed by atoms with Gasteiger partial charge in [-0.1, -0.05) is 13.5 Å². The molecule has 0 aliphatic heterocycles. The molecule has 0 spiro atoms. The van der Waals surface area contributed by atoms with Crippen molar-refractivity contribution in [2.45, 2.75) is 46.3 Å². The van der Waals surface area contributed by atoms with Crippen LogP contribution < -0.4 is 0 Å². The van der Waals surface area contributed by atoms with Crippen LogP contribution in [0.3, 0.4) is 0 Å². The molecule has 4 heteroatoms. The number of aliphatic imine (C=N–C) groups is 2. The molecule has 0 saturated heterocycles. The van der Waals surface area contributed by atoms with E-state index in [1.807, 2.05) is 25.1 Å². The van der Waals surface area contributed by atoms with Crippen LogP contribution in [0.4, 0.5) is 0 Å². The lowest BCUT2D eigenvalue weighted by Gasteiger charge is -2.18. The number of aliphatic hydroxyl groups excluding tert-OH is 1. The maximum atomic E-state index is 9.25. The smallest absolute Gasteiger partial charge is 0.104 e. The van der Waals surface area contributed by atoms with Crippen molar-refractivity contribution < 1.29 is 5.11 Å². The molecule has 1 unspecified atom stereocenters. The molecule has 0 heterocycles. The summed E-state index contributed by atoms with van der Waals surface area (Å²) < 4.78 is 0. The molecule has 4 nitrogen and oxygen atoms in total. The first-order chi connectivity index (χ1) is 8.47. The standard InChI is InChI=1S/C14H27N3O/c1-6-12(2)16-13(3)8-7-9-15-10-11-17(5)14(4)18/h9,14,18H,2,6-8,10-11H2,1,3-5H3/b15-9-,16-13-. The molecule has 104 valence electrons. The summed E-state index contributed by atoms with van der Waals surface area (Å²) in [7, 11) is 1.88. The van der Waals surface area contributed by atoms with Gasteiger partial charge >= 0.3 is 0 Å². The van der Waals surface area contributed by atoms with Gasteiger partial charge in [-0.3, -0.25) is 14.9 Å². The lowest BCUT2D eigenvalue weighted by molar-refractivity contribution is 0.0409. The van der Waals surface area contributed by atoms with Crippen LogP contribution in [-0.4, -0.2) is 48.3 Å². The van der Waals surface area contributed by atoms with Gasteiger partial charge in [-0.05, 0) is 46.4 Å². The molecule has 0 saturated carbocycles. The van der Waals surface area contributed by atoms with Crippen molar-refractivity contribution in [3.63, 3.8) is 0 Å². The second-order valence-corrected chi connectivity index (χ2v) is 4.51. The van der Waals surface area contributed by atoms with E-state index in [-0.39, 0.29) is 0 Å². The highest BCUT2D eigenvalue weighted by molar-refractivity contribution is 5.84. The van der Waals surface area contributed by atoms with Crippen molar-refractivity contribution in [3.8, 4) is 0 Å². The molecule has 1 atom stereocenters. The number of hydrogen-bond donors (Lipinski definition) is 1. The van der Waals surface area contributed by atoms with Crippen molar-refractivity contribution in [2.75, 3.05) is 20.1 Å². The minimum atomic E-state index is -0.408. The molecule has 0 amide bonds. The highest BCUT2D eigenvalue weighted by Gasteiger charge is 2.01. The Hall–Kier alpha value is -1.00. The fraction of sp³-hybridized carbons (Fsp3) is 0.714. The van der Waals surface area contributed by atoms with E-state index in [9.17, 15) is 5.11 Å². The van der Waals surface area contributed by atoms with Crippen LogP contribution in [0.2, 0.25) is 0 Å². The predicted octanol–water partition coefficient (Wildman–Crippen LogP) is 2.49. The average Bonchev–Trinajstić information content (AvgIpc) is 2.32. The molecule has 0 aromatic heterocycles. The van der Waals surface area contributed by atoms with E-state index >= 15 is 0 Å². The minimum Gasteiger partial charge on any atom is -0.379 e. The molecule has 0 aromatic rings. The largest absolute Gasteiger partial charge is 0.379 e. The van der Waals surface area contributed by atoms with Crippen molar-refractivity contribution in [1.29, 1.82) is 0 Å². The summed E-state index contributed by atoms with van der Waals surface area (Å²) in [6, 6.07) is 0. The summed E-state index contributed by atoms with van der Waals surface area (Å²) in [5.41, 5.74) is 2.04. The Bertz CT molecular complexity index is 295. The Morgan fingerprint density at radius 2 is 2.17 bits per heavy atom. The molecule has 1 N–H and O–H groups in total. The normalized spacial score (nSPS) is 14.4. The van der Waals surface area contributed by atoms with Crippen LogP contribution >= 0.6 is 0 Å². The van der Waals surface area contributed by atoms with E-state index < -0.39 is 6.23 Å². The van der Waals surface area contributed by atoms with Gasteiger partial charge in [0.25, 0.3) is 0 Å². The number of likely N-dealkylation sites (N-methyl/N-ethyl adjacent to an activating group) is 1. The summed E-state index contributed by atoms with van der Waals surface area (Å²) in [6.45, 7) is 11.2. The van der Waals surface area contributed by atoms with Crippen LogP contribution in [0, 0.1) is 0 Å². The second kappa shape index (κ2) is 9.97. The van der Waals surface area contributed by atoms with E-state index in [4.69, 9.17) is 0 Å². The van der Waals surface area contributed by atoms with E-state index in [0.29, 0.717) is 0 Å². The summed E-state index contributed by atoms with van der Waals surface area (Å²) in [4.78, 5) is 10.6. The van der Waals surface area contributed by atoms with Gasteiger partial charge < -0.3 is 5.11 Å². The molecule has 0 fully saturated rings. The van der Waals surface area contributed by atoms with Crippen molar-refractivity contribution in [2.24, 2.45) is 9.98 Å². The van der Waals surface area contributed by atoms with Gasteiger partial charge in [0.05, 0.1) is 6.54 Å². The molecule has 18 heavy (non-hydrogen) atoms. The van der Waals surface area contributed by atoms with Crippen LogP contribution in [0.15, 0.2) is 22.3 Å².